The van der Waals surface area contributed by atoms with Gasteiger partial charge in [-0.2, -0.15) is 0 Å². The molecule has 0 spiro atoms. The highest BCUT2D eigenvalue weighted by Crippen LogP contribution is 2.17. The molecule has 0 unspecified atom stereocenters. The molecule has 0 fully saturated rings. The summed E-state index contributed by atoms with van der Waals surface area (Å²) in [5.74, 6) is -0.294. The number of aryl methyl sites for hydroxylation is 1. The van der Waals surface area contributed by atoms with Crippen molar-refractivity contribution in [2.24, 2.45) is 0 Å². The van der Waals surface area contributed by atoms with Gasteiger partial charge >= 0.3 is 6.03 Å². The molecule has 0 atom stereocenters. The molecule has 98 valence electrons. The lowest BCUT2D eigenvalue weighted by molar-refractivity contribution is 0.262. The Balaban J connectivity index is 2.03. The highest BCUT2D eigenvalue weighted by atomic mass is 79.9. The third-order valence-electron chi connectivity index (χ3n) is 2.50. The van der Waals surface area contributed by atoms with Gasteiger partial charge in [0.1, 0.15) is 5.82 Å². The van der Waals surface area contributed by atoms with E-state index in [1.165, 1.54) is 12.1 Å². The quantitative estimate of drug-likeness (QED) is 0.837. The van der Waals surface area contributed by atoms with Crippen LogP contribution in [-0.2, 0) is 0 Å². The van der Waals surface area contributed by atoms with Gasteiger partial charge in [-0.25, -0.2) is 9.18 Å². The largest absolute Gasteiger partial charge is 0.323 e. The zero-order valence-corrected chi connectivity index (χ0v) is 11.8. The molecule has 0 saturated heterocycles. The SMILES string of the molecule is Cc1cc(NC(=O)Nc2cccc(Br)c2)ccc1F. The molecule has 2 aromatic rings. The summed E-state index contributed by atoms with van der Waals surface area (Å²) in [6.45, 7) is 1.65. The molecule has 0 saturated carbocycles. The minimum atomic E-state index is -0.371. The van der Waals surface area contributed by atoms with Crippen LogP contribution in [0.1, 0.15) is 5.56 Å². The van der Waals surface area contributed by atoms with Gasteiger partial charge in [0.15, 0.2) is 0 Å². The van der Waals surface area contributed by atoms with Crippen LogP contribution in [0.15, 0.2) is 46.9 Å². The standard InChI is InChI=1S/C14H12BrFN2O/c1-9-7-12(5-6-13(9)16)18-14(19)17-11-4-2-3-10(15)8-11/h2-8H,1H3,(H2,17,18,19). The number of rotatable bonds is 2. The monoisotopic (exact) mass is 322 g/mol. The summed E-state index contributed by atoms with van der Waals surface area (Å²) < 4.78 is 14.0. The Hall–Kier alpha value is -1.88. The Morgan fingerprint density at radius 1 is 1.11 bits per heavy atom. The smallest absolute Gasteiger partial charge is 0.308 e. The molecule has 0 heterocycles. The highest BCUT2D eigenvalue weighted by molar-refractivity contribution is 9.10. The number of halogens is 2. The van der Waals surface area contributed by atoms with E-state index < -0.39 is 0 Å². The number of carbonyl (C=O) groups is 1. The van der Waals surface area contributed by atoms with Crippen LogP contribution in [0.25, 0.3) is 0 Å². The predicted molar refractivity (Wildman–Crippen MR) is 77.9 cm³/mol. The zero-order valence-electron chi connectivity index (χ0n) is 10.2. The minimum Gasteiger partial charge on any atom is -0.308 e. The van der Waals surface area contributed by atoms with Crippen molar-refractivity contribution < 1.29 is 9.18 Å². The molecule has 2 N–H and O–H groups in total. The Kier molecular flexibility index (Phi) is 4.16. The Bertz CT molecular complexity index is 616. The van der Waals surface area contributed by atoms with Gasteiger partial charge in [-0.05, 0) is 48.9 Å². The Morgan fingerprint density at radius 2 is 1.79 bits per heavy atom. The first kappa shape index (κ1) is 13.5. The summed E-state index contributed by atoms with van der Waals surface area (Å²) in [5.41, 5.74) is 1.71. The average Bonchev–Trinajstić information content (AvgIpc) is 2.34. The van der Waals surface area contributed by atoms with E-state index in [9.17, 15) is 9.18 Å². The fourth-order valence-corrected chi connectivity index (χ4v) is 1.98. The van der Waals surface area contributed by atoms with E-state index >= 15 is 0 Å². The Labute approximate surface area is 119 Å². The third kappa shape index (κ3) is 3.79. The van der Waals surface area contributed by atoms with Crippen LogP contribution in [0.3, 0.4) is 0 Å². The van der Waals surface area contributed by atoms with Crippen LogP contribution in [-0.4, -0.2) is 6.03 Å². The van der Waals surface area contributed by atoms with Gasteiger partial charge in [0, 0.05) is 15.8 Å². The lowest BCUT2D eigenvalue weighted by Gasteiger charge is -2.08. The van der Waals surface area contributed by atoms with Crippen molar-refractivity contribution in [2.75, 3.05) is 10.6 Å². The van der Waals surface area contributed by atoms with Crippen LogP contribution in [0.5, 0.6) is 0 Å². The van der Waals surface area contributed by atoms with Gasteiger partial charge in [0.05, 0.1) is 0 Å². The molecule has 0 bridgehead atoms. The number of hydrogen-bond acceptors (Lipinski definition) is 1. The minimum absolute atomic E-state index is 0.294. The first-order chi connectivity index (χ1) is 9.04. The molecule has 0 aromatic heterocycles. The number of anilines is 2. The molecule has 0 aliphatic carbocycles. The average molecular weight is 323 g/mol. The van der Waals surface area contributed by atoms with Gasteiger partial charge in [-0.1, -0.05) is 22.0 Å². The summed E-state index contributed by atoms with van der Waals surface area (Å²) in [7, 11) is 0. The zero-order chi connectivity index (χ0) is 13.8. The number of carbonyl (C=O) groups excluding carboxylic acids is 1. The van der Waals surface area contributed by atoms with Crippen LogP contribution >= 0.6 is 15.9 Å². The van der Waals surface area contributed by atoms with E-state index in [1.807, 2.05) is 12.1 Å². The lowest BCUT2D eigenvalue weighted by atomic mass is 10.2. The van der Waals surface area contributed by atoms with Gasteiger partial charge in [0.25, 0.3) is 0 Å². The van der Waals surface area contributed by atoms with Crippen molar-refractivity contribution >= 4 is 33.3 Å². The highest BCUT2D eigenvalue weighted by Gasteiger charge is 2.04. The maximum Gasteiger partial charge on any atom is 0.323 e. The summed E-state index contributed by atoms with van der Waals surface area (Å²) in [6.07, 6.45) is 0. The third-order valence-corrected chi connectivity index (χ3v) is 2.99. The van der Waals surface area contributed by atoms with E-state index in [0.29, 0.717) is 16.9 Å². The van der Waals surface area contributed by atoms with Crippen molar-refractivity contribution in [3.63, 3.8) is 0 Å². The Morgan fingerprint density at radius 3 is 2.42 bits per heavy atom. The fourth-order valence-electron chi connectivity index (χ4n) is 1.58. The number of urea groups is 1. The molecule has 19 heavy (non-hydrogen) atoms. The molecule has 0 aliphatic rings. The molecule has 3 nitrogen and oxygen atoms in total. The summed E-state index contributed by atoms with van der Waals surface area (Å²) >= 11 is 3.32. The van der Waals surface area contributed by atoms with Gasteiger partial charge in [-0.3, -0.25) is 0 Å². The lowest BCUT2D eigenvalue weighted by Crippen LogP contribution is -2.19. The summed E-state index contributed by atoms with van der Waals surface area (Å²) in [5, 5.41) is 5.34. The van der Waals surface area contributed by atoms with Gasteiger partial charge in [-0.15, -0.1) is 0 Å². The van der Waals surface area contributed by atoms with Crippen LogP contribution in [0.4, 0.5) is 20.6 Å². The number of benzene rings is 2. The number of hydrogen-bond donors (Lipinski definition) is 2. The molecular formula is C14H12BrFN2O. The predicted octanol–water partition coefficient (Wildman–Crippen LogP) is 4.54. The second-order valence-electron chi connectivity index (χ2n) is 4.05. The van der Waals surface area contributed by atoms with Crippen LogP contribution < -0.4 is 10.6 Å². The molecule has 0 radical (unpaired) electrons. The molecular weight excluding hydrogens is 311 g/mol. The number of nitrogens with one attached hydrogen (secondary N) is 2. The normalized spacial score (nSPS) is 10.1. The van der Waals surface area contributed by atoms with Crippen molar-refractivity contribution in [1.82, 2.24) is 0 Å². The van der Waals surface area contributed by atoms with E-state index in [4.69, 9.17) is 0 Å². The summed E-state index contributed by atoms with van der Waals surface area (Å²) in [4.78, 5) is 11.8. The van der Waals surface area contributed by atoms with Crippen molar-refractivity contribution in [1.29, 1.82) is 0 Å². The van der Waals surface area contributed by atoms with E-state index in [1.54, 1.807) is 25.1 Å². The first-order valence-electron chi connectivity index (χ1n) is 5.64. The molecule has 2 aromatic carbocycles. The fraction of sp³-hybridized carbons (Fsp3) is 0.0714. The van der Waals surface area contributed by atoms with Crippen LogP contribution in [0.2, 0.25) is 0 Å². The van der Waals surface area contributed by atoms with Crippen molar-refractivity contribution in [3.05, 3.63) is 58.3 Å². The second kappa shape index (κ2) is 5.84. The van der Waals surface area contributed by atoms with E-state index in [-0.39, 0.29) is 11.8 Å². The van der Waals surface area contributed by atoms with Gasteiger partial charge in [0.2, 0.25) is 0 Å². The summed E-state index contributed by atoms with van der Waals surface area (Å²) in [6, 6.07) is 11.3. The van der Waals surface area contributed by atoms with Crippen molar-refractivity contribution in [2.45, 2.75) is 6.92 Å². The molecule has 0 aliphatic heterocycles. The van der Waals surface area contributed by atoms with E-state index in [0.717, 1.165) is 4.47 Å². The number of amides is 2. The van der Waals surface area contributed by atoms with Gasteiger partial charge < -0.3 is 10.6 Å². The maximum absolute atomic E-state index is 13.1. The topological polar surface area (TPSA) is 41.1 Å². The second-order valence-corrected chi connectivity index (χ2v) is 4.97. The maximum atomic E-state index is 13.1. The first-order valence-corrected chi connectivity index (χ1v) is 6.43. The molecule has 2 rings (SSSR count). The molecule has 2 amide bonds. The van der Waals surface area contributed by atoms with Crippen LogP contribution in [0, 0.1) is 12.7 Å². The van der Waals surface area contributed by atoms with Crippen molar-refractivity contribution in [3.8, 4) is 0 Å². The molecule has 5 heteroatoms. The van der Waals surface area contributed by atoms with E-state index in [2.05, 4.69) is 26.6 Å².